The summed E-state index contributed by atoms with van der Waals surface area (Å²) in [6, 6.07) is 6.49. The second-order valence-electron chi connectivity index (χ2n) is 5.43. The molecule has 0 fully saturated rings. The summed E-state index contributed by atoms with van der Waals surface area (Å²) in [5.74, 6) is 0.948. The highest BCUT2D eigenvalue weighted by molar-refractivity contribution is 7.19. The number of hydrogen-bond acceptors (Lipinski definition) is 3. The van der Waals surface area contributed by atoms with Crippen LogP contribution < -0.4 is 9.41 Å². The Hall–Kier alpha value is -0.620. The van der Waals surface area contributed by atoms with Crippen molar-refractivity contribution in [2.75, 3.05) is 24.8 Å². The molecule has 1 heterocycles. The highest BCUT2D eigenvalue weighted by Gasteiger charge is 2.14. The largest absolute Gasteiger partial charge is 0.489 e. The van der Waals surface area contributed by atoms with Crippen LogP contribution in [0.3, 0.4) is 0 Å². The summed E-state index contributed by atoms with van der Waals surface area (Å²) in [6.45, 7) is 6.20. The van der Waals surface area contributed by atoms with E-state index in [4.69, 9.17) is 4.74 Å². The summed E-state index contributed by atoms with van der Waals surface area (Å²) in [4.78, 5) is 0. The first kappa shape index (κ1) is 15.8. The molecule has 0 saturated heterocycles. The summed E-state index contributed by atoms with van der Waals surface area (Å²) >= 11 is 0. The summed E-state index contributed by atoms with van der Waals surface area (Å²) in [5.41, 5.74) is 3.78. The van der Waals surface area contributed by atoms with E-state index in [2.05, 4.69) is 61.6 Å². The van der Waals surface area contributed by atoms with Crippen LogP contribution >= 0.6 is 18.8 Å². The Morgan fingerprint density at radius 1 is 1.35 bits per heavy atom. The number of anilines is 1. The third kappa shape index (κ3) is 3.95. The summed E-state index contributed by atoms with van der Waals surface area (Å²) < 4.78 is 10.2. The zero-order chi connectivity index (χ0) is 14.7. The average Bonchev–Trinajstić information content (AvgIpc) is 2.38. The van der Waals surface area contributed by atoms with E-state index in [1.54, 1.807) is 0 Å². The molecule has 1 aromatic carbocycles. The molecule has 110 valence electrons. The minimum Gasteiger partial charge on any atom is -0.489 e. The second kappa shape index (κ2) is 6.89. The molecule has 0 aromatic heterocycles. The quantitative estimate of drug-likeness (QED) is 0.791. The first-order valence-corrected chi connectivity index (χ1v) is 7.99. The topological polar surface area (TPSA) is 15.7 Å². The van der Waals surface area contributed by atoms with Crippen molar-refractivity contribution in [1.29, 1.82) is 0 Å². The maximum absolute atomic E-state index is 5.96. The molecule has 0 saturated carbocycles. The number of hydrogen-bond donors (Lipinski definition) is 0. The fourth-order valence-electron chi connectivity index (χ4n) is 2.30. The van der Waals surface area contributed by atoms with Gasteiger partial charge in [-0.05, 0) is 52.9 Å². The van der Waals surface area contributed by atoms with Crippen molar-refractivity contribution in [2.24, 2.45) is 0 Å². The van der Waals surface area contributed by atoms with Crippen LogP contribution in [0, 0.1) is 0 Å². The Labute approximate surface area is 126 Å². The number of ether oxygens (including phenoxy) is 1. The molecule has 20 heavy (non-hydrogen) atoms. The monoisotopic (exact) mass is 310 g/mol. The van der Waals surface area contributed by atoms with Crippen LogP contribution in [0.15, 0.2) is 24.3 Å². The summed E-state index contributed by atoms with van der Waals surface area (Å²) in [7, 11) is 7.46. The molecular formula is C15H24N2OP2. The van der Waals surface area contributed by atoms with E-state index in [0.717, 1.165) is 30.9 Å². The van der Waals surface area contributed by atoms with E-state index in [9.17, 15) is 0 Å². The van der Waals surface area contributed by atoms with Crippen molar-refractivity contribution in [3.05, 3.63) is 29.8 Å². The average molecular weight is 310 g/mol. The molecule has 0 spiro atoms. The normalized spacial score (nSPS) is 16.2. The second-order valence-corrected chi connectivity index (χ2v) is 6.94. The van der Waals surface area contributed by atoms with E-state index in [1.807, 2.05) is 11.7 Å². The third-order valence-electron chi connectivity index (χ3n) is 3.31. The van der Waals surface area contributed by atoms with Gasteiger partial charge < -0.3 is 9.41 Å². The number of nitrogens with zero attached hydrogens (tertiary/aromatic N) is 2. The predicted octanol–water partition coefficient (Wildman–Crippen LogP) is 3.58. The van der Waals surface area contributed by atoms with E-state index in [1.165, 1.54) is 11.1 Å². The number of rotatable bonds is 4. The molecule has 1 aliphatic heterocycles. The smallest absolute Gasteiger partial charge is 0.143 e. The molecule has 0 N–H and O–H groups in total. The highest BCUT2D eigenvalue weighted by atomic mass is 31.0. The van der Waals surface area contributed by atoms with Crippen molar-refractivity contribution in [3.8, 4) is 5.75 Å². The van der Waals surface area contributed by atoms with Gasteiger partial charge in [-0.1, -0.05) is 21.5 Å². The van der Waals surface area contributed by atoms with Gasteiger partial charge in [0.25, 0.3) is 0 Å². The Bertz CT molecular complexity index is 501. The van der Waals surface area contributed by atoms with Gasteiger partial charge >= 0.3 is 0 Å². The molecule has 2 unspecified atom stereocenters. The lowest BCUT2D eigenvalue weighted by atomic mass is 9.99. The van der Waals surface area contributed by atoms with E-state index < -0.39 is 0 Å². The van der Waals surface area contributed by atoms with Gasteiger partial charge in [-0.2, -0.15) is 0 Å². The van der Waals surface area contributed by atoms with Crippen LogP contribution in [-0.4, -0.2) is 30.9 Å². The molecule has 0 aliphatic carbocycles. The number of benzene rings is 1. The molecule has 2 rings (SSSR count). The lowest BCUT2D eigenvalue weighted by Gasteiger charge is -2.24. The zero-order valence-corrected chi connectivity index (χ0v) is 14.8. The van der Waals surface area contributed by atoms with Gasteiger partial charge in [0.1, 0.15) is 5.75 Å². The molecule has 5 heteroatoms. The molecule has 1 aromatic rings. The van der Waals surface area contributed by atoms with Crippen LogP contribution in [0.5, 0.6) is 5.75 Å². The molecule has 3 nitrogen and oxygen atoms in total. The summed E-state index contributed by atoms with van der Waals surface area (Å²) in [6.07, 6.45) is 3.56. The molecule has 0 amide bonds. The van der Waals surface area contributed by atoms with Gasteiger partial charge in [-0.3, -0.25) is 4.67 Å². The Morgan fingerprint density at radius 3 is 2.65 bits per heavy atom. The van der Waals surface area contributed by atoms with Gasteiger partial charge in [-0.25, -0.2) is 0 Å². The summed E-state index contributed by atoms with van der Waals surface area (Å²) in [5, 5.41) is 0. The van der Waals surface area contributed by atoms with Crippen LogP contribution in [0.25, 0.3) is 5.57 Å². The predicted molar refractivity (Wildman–Crippen MR) is 94.2 cm³/mol. The SMILES string of the molecule is CC(C)Oc1cc(C2=CCN(P)CC2)ccc1N(C)P. The van der Waals surface area contributed by atoms with Crippen LogP contribution in [0.4, 0.5) is 5.69 Å². The van der Waals surface area contributed by atoms with Gasteiger partial charge in [0.2, 0.25) is 0 Å². The molecule has 0 radical (unpaired) electrons. The van der Waals surface area contributed by atoms with Crippen molar-refractivity contribution in [2.45, 2.75) is 26.4 Å². The van der Waals surface area contributed by atoms with Gasteiger partial charge in [0.15, 0.2) is 0 Å². The molecular weight excluding hydrogens is 286 g/mol. The lowest BCUT2D eigenvalue weighted by molar-refractivity contribution is 0.243. The minimum atomic E-state index is 0.178. The van der Waals surface area contributed by atoms with Crippen LogP contribution in [0.2, 0.25) is 0 Å². The first-order chi connectivity index (χ1) is 9.47. The van der Waals surface area contributed by atoms with E-state index in [-0.39, 0.29) is 6.10 Å². The Morgan fingerprint density at radius 2 is 2.10 bits per heavy atom. The lowest BCUT2D eigenvalue weighted by Crippen LogP contribution is -2.18. The Balaban J connectivity index is 2.31. The van der Waals surface area contributed by atoms with Crippen molar-refractivity contribution in [3.63, 3.8) is 0 Å². The van der Waals surface area contributed by atoms with E-state index in [0.29, 0.717) is 0 Å². The van der Waals surface area contributed by atoms with Crippen molar-refractivity contribution < 1.29 is 4.74 Å². The van der Waals surface area contributed by atoms with Crippen molar-refractivity contribution >= 4 is 30.0 Å². The molecule has 2 atom stereocenters. The fourth-order valence-corrected chi connectivity index (χ4v) is 2.75. The molecule has 1 aliphatic rings. The maximum Gasteiger partial charge on any atom is 0.143 e. The van der Waals surface area contributed by atoms with Gasteiger partial charge in [0.05, 0.1) is 11.8 Å². The van der Waals surface area contributed by atoms with Gasteiger partial charge in [-0.15, -0.1) is 0 Å². The van der Waals surface area contributed by atoms with Crippen LogP contribution in [-0.2, 0) is 0 Å². The maximum atomic E-state index is 5.96. The Kier molecular flexibility index (Phi) is 5.43. The van der Waals surface area contributed by atoms with Gasteiger partial charge in [0, 0.05) is 20.1 Å². The van der Waals surface area contributed by atoms with E-state index >= 15 is 0 Å². The fraction of sp³-hybridized carbons (Fsp3) is 0.467. The van der Waals surface area contributed by atoms with Crippen LogP contribution in [0.1, 0.15) is 25.8 Å². The standard InChI is InChI=1S/C15H24N2OP2/c1-11(2)18-15-10-13(4-5-14(15)16(3)19)12-6-8-17(20)9-7-12/h4-6,10-11H,7-9,19-20H2,1-3H3. The zero-order valence-electron chi connectivity index (χ0n) is 12.5. The molecule has 0 bridgehead atoms. The minimum absolute atomic E-state index is 0.178. The first-order valence-electron chi connectivity index (χ1n) is 6.95. The third-order valence-corrected chi connectivity index (χ3v) is 4.06. The highest BCUT2D eigenvalue weighted by Crippen LogP contribution is 2.35. The van der Waals surface area contributed by atoms with Crippen molar-refractivity contribution in [1.82, 2.24) is 4.67 Å².